The number of nitrogens with one attached hydrogen (secondary N) is 1. The minimum Gasteiger partial charge on any atom is -0.491 e. The number of aromatic carboxylic acids is 1. The standard InChI is InChI=1S/C21H20N2O6/c1-3-10-29-17-9-8-13(21(27)28)11-16(17)22-18(24)12(2)23-19(25)14-6-4-5-7-15(14)20(23)26/h4-9,11-12H,3,10H2,1-2H3,(H,22,24)(H,27,28). The number of anilines is 1. The number of carboxylic acid groups (broad SMARTS) is 1. The second-order valence-corrected chi connectivity index (χ2v) is 6.56. The predicted octanol–water partition coefficient (Wildman–Crippen LogP) is 2.80. The number of imide groups is 1. The maximum Gasteiger partial charge on any atom is 0.335 e. The van der Waals surface area contributed by atoms with Crippen LogP contribution < -0.4 is 10.1 Å². The van der Waals surface area contributed by atoms with Crippen LogP contribution in [0.2, 0.25) is 0 Å². The van der Waals surface area contributed by atoms with Crippen molar-refractivity contribution in [2.24, 2.45) is 0 Å². The molecule has 2 aromatic rings. The molecule has 1 unspecified atom stereocenters. The molecule has 0 aromatic heterocycles. The van der Waals surface area contributed by atoms with Gasteiger partial charge in [0, 0.05) is 0 Å². The number of amides is 3. The molecule has 150 valence electrons. The Morgan fingerprint density at radius 3 is 2.28 bits per heavy atom. The molecule has 2 aromatic carbocycles. The normalized spacial score (nSPS) is 13.8. The molecule has 29 heavy (non-hydrogen) atoms. The zero-order valence-electron chi connectivity index (χ0n) is 16.0. The minimum absolute atomic E-state index is 0.0301. The van der Waals surface area contributed by atoms with Gasteiger partial charge in [-0.15, -0.1) is 0 Å². The van der Waals surface area contributed by atoms with Crippen LogP contribution in [0.5, 0.6) is 5.75 Å². The lowest BCUT2D eigenvalue weighted by Gasteiger charge is -2.22. The summed E-state index contributed by atoms with van der Waals surface area (Å²) in [6.07, 6.45) is 0.722. The molecule has 1 heterocycles. The van der Waals surface area contributed by atoms with Gasteiger partial charge < -0.3 is 15.2 Å². The lowest BCUT2D eigenvalue weighted by Crippen LogP contribution is -2.45. The minimum atomic E-state index is -1.16. The average Bonchev–Trinajstić information content (AvgIpc) is 2.97. The largest absolute Gasteiger partial charge is 0.491 e. The average molecular weight is 396 g/mol. The second kappa shape index (κ2) is 8.14. The van der Waals surface area contributed by atoms with Gasteiger partial charge in [0.1, 0.15) is 11.8 Å². The van der Waals surface area contributed by atoms with Crippen molar-refractivity contribution >= 4 is 29.4 Å². The third-order valence-corrected chi connectivity index (χ3v) is 4.54. The molecule has 0 saturated carbocycles. The van der Waals surface area contributed by atoms with E-state index in [2.05, 4.69) is 5.32 Å². The molecule has 0 saturated heterocycles. The van der Waals surface area contributed by atoms with E-state index in [1.165, 1.54) is 37.3 Å². The lowest BCUT2D eigenvalue weighted by atomic mass is 10.1. The summed E-state index contributed by atoms with van der Waals surface area (Å²) in [4.78, 5) is 50.1. The zero-order chi connectivity index (χ0) is 21.1. The number of nitrogens with zero attached hydrogens (tertiary/aromatic N) is 1. The molecule has 1 aliphatic heterocycles. The number of hydrogen-bond donors (Lipinski definition) is 2. The molecule has 0 bridgehead atoms. The Hall–Kier alpha value is -3.68. The van der Waals surface area contributed by atoms with Crippen LogP contribution in [0.25, 0.3) is 0 Å². The topological polar surface area (TPSA) is 113 Å². The summed E-state index contributed by atoms with van der Waals surface area (Å²) in [6.45, 7) is 3.72. The number of carbonyl (C=O) groups is 4. The van der Waals surface area contributed by atoms with Crippen LogP contribution in [0.15, 0.2) is 42.5 Å². The van der Waals surface area contributed by atoms with Crippen LogP contribution in [0.4, 0.5) is 5.69 Å². The molecule has 8 heteroatoms. The highest BCUT2D eigenvalue weighted by atomic mass is 16.5. The van der Waals surface area contributed by atoms with Gasteiger partial charge in [0.05, 0.1) is 29.0 Å². The smallest absolute Gasteiger partial charge is 0.335 e. The number of hydrogen-bond acceptors (Lipinski definition) is 5. The van der Waals surface area contributed by atoms with Gasteiger partial charge in [-0.05, 0) is 43.7 Å². The summed E-state index contributed by atoms with van der Waals surface area (Å²) in [5.74, 6) is -2.58. The van der Waals surface area contributed by atoms with Crippen LogP contribution in [0, 0.1) is 0 Å². The zero-order valence-corrected chi connectivity index (χ0v) is 16.0. The highest BCUT2D eigenvalue weighted by Crippen LogP contribution is 2.28. The van der Waals surface area contributed by atoms with Gasteiger partial charge in [-0.25, -0.2) is 4.79 Å². The van der Waals surface area contributed by atoms with Crippen molar-refractivity contribution in [3.8, 4) is 5.75 Å². The highest BCUT2D eigenvalue weighted by molar-refractivity contribution is 6.23. The number of benzene rings is 2. The van der Waals surface area contributed by atoms with Gasteiger partial charge in [-0.2, -0.15) is 0 Å². The van der Waals surface area contributed by atoms with E-state index in [4.69, 9.17) is 4.74 Å². The van der Waals surface area contributed by atoms with Gasteiger partial charge in [-0.1, -0.05) is 19.1 Å². The molecule has 3 rings (SSSR count). The van der Waals surface area contributed by atoms with E-state index in [-0.39, 0.29) is 22.4 Å². The van der Waals surface area contributed by atoms with E-state index < -0.39 is 29.7 Å². The van der Waals surface area contributed by atoms with Crippen molar-refractivity contribution in [3.05, 3.63) is 59.2 Å². The summed E-state index contributed by atoms with van der Waals surface area (Å²) in [5.41, 5.74) is 0.623. The molecule has 0 spiro atoms. The van der Waals surface area contributed by atoms with Crippen molar-refractivity contribution in [2.45, 2.75) is 26.3 Å². The second-order valence-electron chi connectivity index (χ2n) is 6.56. The molecular weight excluding hydrogens is 376 g/mol. The van der Waals surface area contributed by atoms with Crippen molar-refractivity contribution in [2.75, 3.05) is 11.9 Å². The third-order valence-electron chi connectivity index (χ3n) is 4.54. The molecule has 0 radical (unpaired) electrons. The molecule has 3 amide bonds. The van der Waals surface area contributed by atoms with Crippen molar-refractivity contribution in [1.29, 1.82) is 0 Å². The first-order valence-electron chi connectivity index (χ1n) is 9.13. The van der Waals surface area contributed by atoms with Gasteiger partial charge in [0.2, 0.25) is 5.91 Å². The Bertz CT molecular complexity index is 965. The Kier molecular flexibility index (Phi) is 5.63. The monoisotopic (exact) mass is 396 g/mol. The maximum absolute atomic E-state index is 12.8. The molecule has 0 aliphatic carbocycles. The van der Waals surface area contributed by atoms with E-state index in [1.54, 1.807) is 12.1 Å². The van der Waals surface area contributed by atoms with Gasteiger partial charge >= 0.3 is 5.97 Å². The van der Waals surface area contributed by atoms with Crippen molar-refractivity contribution in [3.63, 3.8) is 0 Å². The predicted molar refractivity (Wildman–Crippen MR) is 104 cm³/mol. The highest BCUT2D eigenvalue weighted by Gasteiger charge is 2.40. The first-order chi connectivity index (χ1) is 13.8. The number of ether oxygens (including phenoxy) is 1. The van der Waals surface area contributed by atoms with Crippen molar-refractivity contribution in [1.82, 2.24) is 4.90 Å². The Labute approximate surface area is 167 Å². The first kappa shape index (κ1) is 20.1. The number of fused-ring (bicyclic) bond motifs is 1. The number of rotatable bonds is 7. The summed E-state index contributed by atoms with van der Waals surface area (Å²) >= 11 is 0. The van der Waals surface area contributed by atoms with E-state index in [0.29, 0.717) is 12.4 Å². The SMILES string of the molecule is CCCOc1ccc(C(=O)O)cc1NC(=O)C(C)N1C(=O)c2ccccc2C1=O. The maximum atomic E-state index is 12.8. The van der Waals surface area contributed by atoms with Crippen LogP contribution in [-0.2, 0) is 4.79 Å². The molecular formula is C21H20N2O6. The third kappa shape index (κ3) is 3.82. The summed E-state index contributed by atoms with van der Waals surface area (Å²) in [6, 6.07) is 9.37. The molecule has 0 fully saturated rings. The van der Waals surface area contributed by atoms with Gasteiger partial charge in [0.15, 0.2) is 0 Å². The lowest BCUT2D eigenvalue weighted by molar-refractivity contribution is -0.119. The van der Waals surface area contributed by atoms with E-state index >= 15 is 0 Å². The van der Waals surface area contributed by atoms with Crippen LogP contribution in [0.1, 0.15) is 51.3 Å². The Balaban J connectivity index is 1.84. The fourth-order valence-corrected chi connectivity index (χ4v) is 3.01. The van der Waals surface area contributed by atoms with Gasteiger partial charge in [0.25, 0.3) is 11.8 Å². The van der Waals surface area contributed by atoms with Crippen LogP contribution >= 0.6 is 0 Å². The summed E-state index contributed by atoms with van der Waals surface area (Å²) < 4.78 is 5.56. The Morgan fingerprint density at radius 2 is 1.72 bits per heavy atom. The molecule has 8 nitrogen and oxygen atoms in total. The number of carboxylic acids is 1. The van der Waals surface area contributed by atoms with E-state index in [9.17, 15) is 24.3 Å². The molecule has 1 aliphatic rings. The van der Waals surface area contributed by atoms with Crippen LogP contribution in [-0.4, -0.2) is 46.3 Å². The van der Waals surface area contributed by atoms with Crippen molar-refractivity contribution < 1.29 is 29.0 Å². The molecule has 2 N–H and O–H groups in total. The van der Waals surface area contributed by atoms with E-state index in [1.807, 2.05) is 6.92 Å². The fraction of sp³-hybridized carbons (Fsp3) is 0.238. The first-order valence-corrected chi connectivity index (χ1v) is 9.13. The summed E-state index contributed by atoms with van der Waals surface area (Å²) in [5, 5.41) is 11.8. The van der Waals surface area contributed by atoms with Gasteiger partial charge in [-0.3, -0.25) is 19.3 Å². The Morgan fingerprint density at radius 1 is 1.10 bits per heavy atom. The molecule has 1 atom stereocenters. The summed E-state index contributed by atoms with van der Waals surface area (Å²) in [7, 11) is 0. The van der Waals surface area contributed by atoms with Crippen LogP contribution in [0.3, 0.4) is 0 Å². The van der Waals surface area contributed by atoms with E-state index in [0.717, 1.165) is 11.3 Å². The number of carbonyl (C=O) groups excluding carboxylic acids is 3. The fourth-order valence-electron chi connectivity index (χ4n) is 3.01. The quantitative estimate of drug-likeness (QED) is 0.696.